The van der Waals surface area contributed by atoms with Gasteiger partial charge in [-0.1, -0.05) is 60.1 Å². The Labute approximate surface area is 140 Å². The van der Waals surface area contributed by atoms with Crippen LogP contribution in [0, 0.1) is 0 Å². The first-order valence-electron chi connectivity index (χ1n) is 7.36. The first-order valence-corrected chi connectivity index (χ1v) is 7.73. The molecule has 2 aromatic rings. The van der Waals surface area contributed by atoms with Crippen molar-refractivity contribution < 1.29 is 14.7 Å². The van der Waals surface area contributed by atoms with Crippen LogP contribution in [0.4, 0.5) is 0 Å². The van der Waals surface area contributed by atoms with Gasteiger partial charge in [0.2, 0.25) is 5.91 Å². The molecular weight excluding hydrogens is 314 g/mol. The van der Waals surface area contributed by atoms with Crippen LogP contribution in [0.5, 0.6) is 0 Å². The van der Waals surface area contributed by atoms with E-state index in [-0.39, 0.29) is 18.7 Å². The molecule has 1 atom stereocenters. The topological polar surface area (TPSA) is 66.4 Å². The van der Waals surface area contributed by atoms with Gasteiger partial charge in [0.25, 0.3) is 0 Å². The number of nitrogens with one attached hydrogen (secondary N) is 1. The number of benzene rings is 2. The number of rotatable bonds is 7. The van der Waals surface area contributed by atoms with Gasteiger partial charge in [0.05, 0.1) is 0 Å². The number of aliphatic carboxylic acids is 1. The number of carbonyl (C=O) groups excluding carboxylic acids is 1. The minimum Gasteiger partial charge on any atom is -0.480 e. The molecule has 2 N–H and O–H groups in total. The number of halogens is 1. The minimum absolute atomic E-state index is 0.159. The first kappa shape index (κ1) is 17.0. The Morgan fingerprint density at radius 2 is 1.70 bits per heavy atom. The predicted octanol–water partition coefficient (Wildman–Crippen LogP) is 3.08. The second kappa shape index (κ2) is 8.34. The number of carboxylic acid groups (broad SMARTS) is 1. The van der Waals surface area contributed by atoms with Gasteiger partial charge in [-0.25, -0.2) is 4.79 Å². The fraction of sp³-hybridized carbons (Fsp3) is 0.222. The van der Waals surface area contributed by atoms with E-state index in [1.165, 1.54) is 0 Å². The minimum atomic E-state index is -1.07. The third-order valence-corrected chi connectivity index (χ3v) is 3.87. The lowest BCUT2D eigenvalue weighted by molar-refractivity contribution is -0.141. The summed E-state index contributed by atoms with van der Waals surface area (Å²) in [6.07, 6.45) is 0.980. The molecule has 0 heterocycles. The molecule has 0 aliphatic rings. The fourth-order valence-corrected chi connectivity index (χ4v) is 2.47. The van der Waals surface area contributed by atoms with Crippen LogP contribution in [-0.4, -0.2) is 23.0 Å². The van der Waals surface area contributed by atoms with Crippen LogP contribution in [0.15, 0.2) is 54.6 Å². The zero-order chi connectivity index (χ0) is 16.7. The number of hydrogen-bond acceptors (Lipinski definition) is 2. The van der Waals surface area contributed by atoms with Gasteiger partial charge in [0, 0.05) is 17.9 Å². The van der Waals surface area contributed by atoms with E-state index in [1.54, 1.807) is 24.3 Å². The van der Waals surface area contributed by atoms with E-state index >= 15 is 0 Å². The summed E-state index contributed by atoms with van der Waals surface area (Å²) in [5.74, 6) is -1.36. The van der Waals surface area contributed by atoms with Gasteiger partial charge >= 0.3 is 5.97 Å². The molecule has 2 aromatic carbocycles. The highest BCUT2D eigenvalue weighted by molar-refractivity contribution is 6.31. The van der Waals surface area contributed by atoms with Crippen LogP contribution in [0.25, 0.3) is 0 Å². The van der Waals surface area contributed by atoms with Gasteiger partial charge in [-0.3, -0.25) is 4.79 Å². The third kappa shape index (κ3) is 5.42. The molecule has 0 saturated carbocycles. The summed E-state index contributed by atoms with van der Waals surface area (Å²) >= 11 is 6.05. The molecule has 0 radical (unpaired) electrons. The molecule has 0 aliphatic carbocycles. The summed E-state index contributed by atoms with van der Waals surface area (Å²) < 4.78 is 0. The highest BCUT2D eigenvalue weighted by atomic mass is 35.5. The molecule has 2 rings (SSSR count). The van der Waals surface area contributed by atoms with Crippen LogP contribution in [0.3, 0.4) is 0 Å². The van der Waals surface area contributed by atoms with Gasteiger partial charge < -0.3 is 10.4 Å². The van der Waals surface area contributed by atoms with Crippen LogP contribution < -0.4 is 5.32 Å². The van der Waals surface area contributed by atoms with E-state index in [9.17, 15) is 14.7 Å². The molecule has 5 heteroatoms. The van der Waals surface area contributed by atoms with Crippen LogP contribution in [0.1, 0.15) is 17.5 Å². The average Bonchev–Trinajstić information content (AvgIpc) is 2.55. The molecule has 0 saturated heterocycles. The Morgan fingerprint density at radius 3 is 2.35 bits per heavy atom. The summed E-state index contributed by atoms with van der Waals surface area (Å²) in [7, 11) is 0. The Hall–Kier alpha value is -2.33. The highest BCUT2D eigenvalue weighted by Crippen LogP contribution is 2.17. The standard InChI is InChI=1S/C18H18ClNO3/c19-15-9-5-4-8-14(15)12-16(18(22)23)20-17(21)11-10-13-6-2-1-3-7-13/h1-9,16H,10-12H2,(H,20,21)(H,22,23)/t16-/m0/s1. The summed E-state index contributed by atoms with van der Waals surface area (Å²) in [4.78, 5) is 23.4. The van der Waals surface area contributed by atoms with E-state index in [4.69, 9.17) is 11.6 Å². The van der Waals surface area contributed by atoms with E-state index < -0.39 is 12.0 Å². The zero-order valence-electron chi connectivity index (χ0n) is 12.5. The summed E-state index contributed by atoms with van der Waals surface area (Å²) in [6.45, 7) is 0. The Balaban J connectivity index is 1.92. The van der Waals surface area contributed by atoms with Gasteiger partial charge in [0.15, 0.2) is 0 Å². The van der Waals surface area contributed by atoms with Crippen molar-refractivity contribution in [2.45, 2.75) is 25.3 Å². The Bertz CT molecular complexity index is 673. The lowest BCUT2D eigenvalue weighted by atomic mass is 10.1. The van der Waals surface area contributed by atoms with Crippen molar-refractivity contribution >= 4 is 23.5 Å². The summed E-state index contributed by atoms with van der Waals surface area (Å²) in [5.41, 5.74) is 1.74. The smallest absolute Gasteiger partial charge is 0.326 e. The van der Waals surface area contributed by atoms with E-state index in [1.807, 2.05) is 30.3 Å². The van der Waals surface area contributed by atoms with Gasteiger partial charge in [-0.05, 0) is 23.6 Å². The average molecular weight is 332 g/mol. The lowest BCUT2D eigenvalue weighted by Gasteiger charge is -2.15. The number of carboxylic acids is 1. The monoisotopic (exact) mass is 331 g/mol. The van der Waals surface area contributed by atoms with Crippen LogP contribution in [-0.2, 0) is 22.4 Å². The number of aryl methyl sites for hydroxylation is 1. The zero-order valence-corrected chi connectivity index (χ0v) is 13.3. The fourth-order valence-electron chi connectivity index (χ4n) is 2.25. The van der Waals surface area contributed by atoms with Crippen LogP contribution in [0.2, 0.25) is 5.02 Å². The molecule has 0 aliphatic heterocycles. The van der Waals surface area contributed by atoms with Crippen molar-refractivity contribution in [2.75, 3.05) is 0 Å². The molecular formula is C18H18ClNO3. The second-order valence-electron chi connectivity index (χ2n) is 5.24. The molecule has 0 bridgehead atoms. The Morgan fingerprint density at radius 1 is 1.04 bits per heavy atom. The number of carbonyl (C=O) groups is 2. The maximum absolute atomic E-state index is 12.0. The van der Waals surface area contributed by atoms with Crippen molar-refractivity contribution in [1.29, 1.82) is 0 Å². The second-order valence-corrected chi connectivity index (χ2v) is 5.65. The number of amides is 1. The maximum Gasteiger partial charge on any atom is 0.326 e. The largest absolute Gasteiger partial charge is 0.480 e. The third-order valence-electron chi connectivity index (χ3n) is 3.50. The lowest BCUT2D eigenvalue weighted by Crippen LogP contribution is -2.42. The highest BCUT2D eigenvalue weighted by Gasteiger charge is 2.21. The molecule has 120 valence electrons. The number of hydrogen-bond donors (Lipinski definition) is 2. The molecule has 1 amide bonds. The molecule has 0 spiro atoms. The quantitative estimate of drug-likeness (QED) is 0.819. The molecule has 23 heavy (non-hydrogen) atoms. The molecule has 0 unspecified atom stereocenters. The van der Waals surface area contributed by atoms with Crippen molar-refractivity contribution in [3.8, 4) is 0 Å². The normalized spacial score (nSPS) is 11.7. The van der Waals surface area contributed by atoms with Crippen molar-refractivity contribution in [1.82, 2.24) is 5.32 Å². The van der Waals surface area contributed by atoms with E-state index in [0.29, 0.717) is 17.0 Å². The van der Waals surface area contributed by atoms with E-state index in [0.717, 1.165) is 5.56 Å². The predicted molar refractivity (Wildman–Crippen MR) is 89.5 cm³/mol. The van der Waals surface area contributed by atoms with Crippen molar-refractivity contribution in [3.05, 3.63) is 70.7 Å². The van der Waals surface area contributed by atoms with Gasteiger partial charge in [0.1, 0.15) is 6.04 Å². The molecule has 0 aromatic heterocycles. The summed E-state index contributed by atoms with van der Waals surface area (Å²) in [6, 6.07) is 15.6. The first-order chi connectivity index (χ1) is 11.1. The van der Waals surface area contributed by atoms with E-state index in [2.05, 4.69) is 5.32 Å². The Kier molecular flexibility index (Phi) is 6.18. The van der Waals surface area contributed by atoms with Crippen LogP contribution >= 0.6 is 11.6 Å². The molecule has 4 nitrogen and oxygen atoms in total. The molecule has 0 fully saturated rings. The van der Waals surface area contributed by atoms with Gasteiger partial charge in [-0.2, -0.15) is 0 Å². The van der Waals surface area contributed by atoms with Crippen molar-refractivity contribution in [3.63, 3.8) is 0 Å². The van der Waals surface area contributed by atoms with Gasteiger partial charge in [-0.15, -0.1) is 0 Å². The maximum atomic E-state index is 12.0. The summed E-state index contributed by atoms with van der Waals surface area (Å²) in [5, 5.41) is 12.4. The van der Waals surface area contributed by atoms with Crippen molar-refractivity contribution in [2.24, 2.45) is 0 Å². The SMILES string of the molecule is O=C(CCc1ccccc1)N[C@@H](Cc1ccccc1Cl)C(=O)O.